The molecule has 0 aliphatic carbocycles. The number of rotatable bonds is 4. The zero-order valence-electron chi connectivity index (χ0n) is 11.7. The Balaban J connectivity index is 2.10. The Bertz CT molecular complexity index is 549. The third-order valence-corrected chi connectivity index (χ3v) is 3.43. The van der Waals surface area contributed by atoms with Crippen molar-refractivity contribution in [1.82, 2.24) is 5.32 Å². The van der Waals surface area contributed by atoms with Gasteiger partial charge in [-0.2, -0.15) is 0 Å². The molecule has 0 saturated carbocycles. The summed E-state index contributed by atoms with van der Waals surface area (Å²) in [5.41, 5.74) is 2.50. The topological polar surface area (TPSA) is 120 Å². The van der Waals surface area contributed by atoms with Gasteiger partial charge in [0.2, 0.25) is 0 Å². The normalized spacial score (nSPS) is 21.6. The summed E-state index contributed by atoms with van der Waals surface area (Å²) in [6.07, 6.45) is 1.62. The molecule has 2 unspecified atom stereocenters. The summed E-state index contributed by atoms with van der Waals surface area (Å²) in [5, 5.41) is 13.7. The summed E-state index contributed by atoms with van der Waals surface area (Å²) in [6, 6.07) is 4.09. The van der Waals surface area contributed by atoms with E-state index in [4.69, 9.17) is 10.6 Å². The van der Waals surface area contributed by atoms with Crippen molar-refractivity contribution in [3.8, 4) is 0 Å². The number of ether oxygens (including phenoxy) is 1. The molecule has 1 amide bonds. The Labute approximate surface area is 121 Å². The number of nitrogens with one attached hydrogen (secondary N) is 2. The lowest BCUT2D eigenvalue weighted by Crippen LogP contribution is -2.41. The summed E-state index contributed by atoms with van der Waals surface area (Å²) >= 11 is 0. The van der Waals surface area contributed by atoms with E-state index in [1.165, 1.54) is 18.2 Å². The monoisotopic (exact) mass is 294 g/mol. The summed E-state index contributed by atoms with van der Waals surface area (Å²) in [6.45, 7) is 2.57. The molecule has 1 heterocycles. The Morgan fingerprint density at radius 1 is 1.52 bits per heavy atom. The van der Waals surface area contributed by atoms with Gasteiger partial charge in [-0.05, 0) is 31.9 Å². The molecule has 1 aliphatic rings. The molecule has 4 N–H and O–H groups in total. The van der Waals surface area contributed by atoms with Crippen LogP contribution in [0.2, 0.25) is 0 Å². The molecule has 0 spiro atoms. The van der Waals surface area contributed by atoms with Crippen molar-refractivity contribution >= 4 is 17.3 Å². The van der Waals surface area contributed by atoms with Gasteiger partial charge in [0.1, 0.15) is 5.69 Å². The number of nitro groups is 1. The number of hydrogen-bond acceptors (Lipinski definition) is 6. The number of benzene rings is 1. The van der Waals surface area contributed by atoms with Crippen LogP contribution in [0.1, 0.15) is 30.1 Å². The molecule has 2 atom stereocenters. The van der Waals surface area contributed by atoms with Crippen LogP contribution in [0, 0.1) is 10.1 Å². The fraction of sp³-hybridized carbons (Fsp3) is 0.462. The van der Waals surface area contributed by atoms with Crippen LogP contribution in [0.3, 0.4) is 0 Å². The van der Waals surface area contributed by atoms with Gasteiger partial charge in [0.05, 0.1) is 11.0 Å². The molecule has 0 radical (unpaired) electrons. The average molecular weight is 294 g/mol. The number of nitrogens with two attached hydrogens (primary N) is 1. The van der Waals surface area contributed by atoms with Crippen LogP contribution in [-0.2, 0) is 4.74 Å². The maximum atomic E-state index is 12.2. The Morgan fingerprint density at radius 3 is 2.90 bits per heavy atom. The SMILES string of the molecule is CC1CC(NC(=O)c2ccc([N+](=O)[O-])c(NN)c2)CCO1. The third-order valence-electron chi connectivity index (χ3n) is 3.43. The van der Waals surface area contributed by atoms with E-state index in [-0.39, 0.29) is 29.4 Å². The molecule has 8 heteroatoms. The molecule has 114 valence electrons. The molecule has 1 aromatic rings. The zero-order chi connectivity index (χ0) is 15.4. The van der Waals surface area contributed by atoms with E-state index in [1.807, 2.05) is 6.92 Å². The first-order valence-electron chi connectivity index (χ1n) is 6.68. The average Bonchev–Trinajstić information content (AvgIpc) is 2.46. The third kappa shape index (κ3) is 3.67. The highest BCUT2D eigenvalue weighted by atomic mass is 16.6. The van der Waals surface area contributed by atoms with Crippen LogP contribution in [0.5, 0.6) is 0 Å². The van der Waals surface area contributed by atoms with Crippen LogP contribution < -0.4 is 16.6 Å². The lowest BCUT2D eigenvalue weighted by molar-refractivity contribution is -0.384. The van der Waals surface area contributed by atoms with Crippen LogP contribution >= 0.6 is 0 Å². The highest BCUT2D eigenvalue weighted by Gasteiger charge is 2.22. The molecule has 0 aromatic heterocycles. The Hall–Kier alpha value is -2.19. The molecular weight excluding hydrogens is 276 g/mol. The van der Waals surface area contributed by atoms with Crippen molar-refractivity contribution in [3.63, 3.8) is 0 Å². The maximum Gasteiger partial charge on any atom is 0.293 e. The second-order valence-corrected chi connectivity index (χ2v) is 5.01. The van der Waals surface area contributed by atoms with E-state index >= 15 is 0 Å². The van der Waals surface area contributed by atoms with Gasteiger partial charge in [0.25, 0.3) is 11.6 Å². The highest BCUT2D eigenvalue weighted by Crippen LogP contribution is 2.24. The number of nitrogens with zero attached hydrogens (tertiary/aromatic N) is 1. The second-order valence-electron chi connectivity index (χ2n) is 5.01. The van der Waals surface area contributed by atoms with Crippen molar-refractivity contribution in [2.45, 2.75) is 31.9 Å². The number of hydrogen-bond donors (Lipinski definition) is 3. The fourth-order valence-electron chi connectivity index (χ4n) is 2.35. The summed E-state index contributed by atoms with van der Waals surface area (Å²) in [7, 11) is 0. The molecule has 1 aliphatic heterocycles. The predicted octanol–water partition coefficient (Wildman–Crippen LogP) is 1.18. The van der Waals surface area contributed by atoms with Crippen molar-refractivity contribution in [2.24, 2.45) is 5.84 Å². The van der Waals surface area contributed by atoms with Gasteiger partial charge in [0.15, 0.2) is 0 Å². The number of anilines is 1. The number of nitro benzene ring substituents is 1. The van der Waals surface area contributed by atoms with Gasteiger partial charge in [0, 0.05) is 24.3 Å². The van der Waals surface area contributed by atoms with Crippen LogP contribution in [0.4, 0.5) is 11.4 Å². The quantitative estimate of drug-likeness (QED) is 0.436. The van der Waals surface area contributed by atoms with Gasteiger partial charge in [-0.3, -0.25) is 20.8 Å². The number of hydrazine groups is 1. The van der Waals surface area contributed by atoms with E-state index in [1.54, 1.807) is 0 Å². The highest BCUT2D eigenvalue weighted by molar-refractivity contribution is 5.96. The van der Waals surface area contributed by atoms with Crippen LogP contribution in [0.25, 0.3) is 0 Å². The molecule has 8 nitrogen and oxygen atoms in total. The first-order chi connectivity index (χ1) is 10.0. The molecule has 21 heavy (non-hydrogen) atoms. The lowest BCUT2D eigenvalue weighted by atomic mass is 10.0. The van der Waals surface area contributed by atoms with Crippen LogP contribution in [-0.4, -0.2) is 29.6 Å². The van der Waals surface area contributed by atoms with Gasteiger partial charge >= 0.3 is 0 Å². The minimum absolute atomic E-state index is 0.0470. The minimum atomic E-state index is -0.558. The summed E-state index contributed by atoms with van der Waals surface area (Å²) in [5.74, 6) is 4.98. The van der Waals surface area contributed by atoms with Crippen molar-refractivity contribution in [1.29, 1.82) is 0 Å². The smallest absolute Gasteiger partial charge is 0.293 e. The molecular formula is C13H18N4O4. The zero-order valence-corrected chi connectivity index (χ0v) is 11.7. The van der Waals surface area contributed by atoms with Crippen molar-refractivity contribution < 1.29 is 14.5 Å². The van der Waals surface area contributed by atoms with E-state index in [0.29, 0.717) is 12.2 Å². The molecule has 1 saturated heterocycles. The Morgan fingerprint density at radius 2 is 2.29 bits per heavy atom. The summed E-state index contributed by atoms with van der Waals surface area (Å²) in [4.78, 5) is 22.4. The van der Waals surface area contributed by atoms with Gasteiger partial charge in [-0.15, -0.1) is 0 Å². The number of nitrogen functional groups attached to an aromatic ring is 1. The van der Waals surface area contributed by atoms with E-state index in [0.717, 1.165) is 12.8 Å². The van der Waals surface area contributed by atoms with E-state index in [2.05, 4.69) is 10.7 Å². The molecule has 1 fully saturated rings. The first-order valence-corrected chi connectivity index (χ1v) is 6.68. The predicted molar refractivity (Wildman–Crippen MR) is 76.8 cm³/mol. The standard InChI is InChI=1S/C13H18N4O4/c1-8-6-10(4-5-21-8)15-13(18)9-2-3-12(17(19)20)11(7-9)16-14/h2-3,7-8,10,16H,4-6,14H2,1H3,(H,15,18). The largest absolute Gasteiger partial charge is 0.378 e. The molecule has 0 bridgehead atoms. The first kappa shape index (κ1) is 15.2. The fourth-order valence-corrected chi connectivity index (χ4v) is 2.35. The lowest BCUT2D eigenvalue weighted by Gasteiger charge is -2.27. The molecule has 1 aromatic carbocycles. The number of amides is 1. The van der Waals surface area contributed by atoms with Crippen molar-refractivity contribution in [2.75, 3.05) is 12.0 Å². The Kier molecular flexibility index (Phi) is 4.71. The minimum Gasteiger partial charge on any atom is -0.378 e. The van der Waals surface area contributed by atoms with Crippen molar-refractivity contribution in [3.05, 3.63) is 33.9 Å². The molecule has 2 rings (SSSR count). The van der Waals surface area contributed by atoms with Crippen LogP contribution in [0.15, 0.2) is 18.2 Å². The second kappa shape index (κ2) is 6.51. The van der Waals surface area contributed by atoms with E-state index in [9.17, 15) is 14.9 Å². The number of carbonyl (C=O) groups is 1. The van der Waals surface area contributed by atoms with Gasteiger partial charge in [-0.1, -0.05) is 0 Å². The number of carbonyl (C=O) groups excluding carboxylic acids is 1. The van der Waals surface area contributed by atoms with E-state index < -0.39 is 4.92 Å². The van der Waals surface area contributed by atoms with Gasteiger partial charge < -0.3 is 15.5 Å². The summed E-state index contributed by atoms with van der Waals surface area (Å²) < 4.78 is 5.42. The van der Waals surface area contributed by atoms with Gasteiger partial charge in [-0.25, -0.2) is 0 Å². The maximum absolute atomic E-state index is 12.2.